The Hall–Kier alpha value is -3.17. The van der Waals surface area contributed by atoms with Crippen molar-refractivity contribution in [2.75, 3.05) is 20.8 Å². The second kappa shape index (κ2) is 8.68. The lowest BCUT2D eigenvalue weighted by molar-refractivity contribution is 0.0601. The molecule has 0 aliphatic carbocycles. The minimum atomic E-state index is -0.473. The summed E-state index contributed by atoms with van der Waals surface area (Å²) in [4.78, 5) is 37.4. The lowest BCUT2D eigenvalue weighted by Crippen LogP contribution is -2.25. The lowest BCUT2D eigenvalue weighted by atomic mass is 10.1. The number of thioether (sulfide) groups is 1. The van der Waals surface area contributed by atoms with Crippen molar-refractivity contribution in [3.63, 3.8) is 0 Å². The van der Waals surface area contributed by atoms with Crippen LogP contribution in [0.3, 0.4) is 0 Å². The Morgan fingerprint density at radius 2 is 1.97 bits per heavy atom. The largest absolute Gasteiger partial charge is 0.465 e. The number of para-hydroxylation sites is 2. The molecule has 0 atom stereocenters. The zero-order valence-electron chi connectivity index (χ0n) is 16.5. The first-order chi connectivity index (χ1) is 14.6. The van der Waals surface area contributed by atoms with Gasteiger partial charge in [-0.15, -0.1) is 0 Å². The maximum absolute atomic E-state index is 13.1. The van der Waals surface area contributed by atoms with E-state index in [1.807, 2.05) is 24.3 Å². The van der Waals surface area contributed by atoms with Crippen LogP contribution in [0.5, 0.6) is 0 Å². The zero-order chi connectivity index (χ0) is 21.1. The molecular formula is C21H20N4O4S. The van der Waals surface area contributed by atoms with E-state index < -0.39 is 5.97 Å². The van der Waals surface area contributed by atoms with Gasteiger partial charge in [0, 0.05) is 7.11 Å². The molecule has 0 saturated heterocycles. The van der Waals surface area contributed by atoms with Gasteiger partial charge in [-0.05, 0) is 30.3 Å². The van der Waals surface area contributed by atoms with E-state index in [9.17, 15) is 9.59 Å². The molecule has 2 heterocycles. The molecule has 4 rings (SSSR count). The zero-order valence-corrected chi connectivity index (χ0v) is 17.4. The van der Waals surface area contributed by atoms with E-state index in [4.69, 9.17) is 9.47 Å². The number of nitrogens with one attached hydrogen (secondary N) is 1. The highest BCUT2D eigenvalue weighted by Crippen LogP contribution is 2.23. The third kappa shape index (κ3) is 3.94. The van der Waals surface area contributed by atoms with Crippen molar-refractivity contribution in [2.45, 2.75) is 17.5 Å². The number of hydrogen-bond acceptors (Lipinski definition) is 7. The Labute approximate surface area is 176 Å². The minimum Gasteiger partial charge on any atom is -0.465 e. The first-order valence-electron chi connectivity index (χ1n) is 9.29. The summed E-state index contributed by atoms with van der Waals surface area (Å²) in [7, 11) is 2.90. The Kier molecular flexibility index (Phi) is 5.82. The molecule has 2 aromatic carbocycles. The number of esters is 1. The molecule has 0 fully saturated rings. The van der Waals surface area contributed by atoms with Crippen LogP contribution < -0.4 is 5.56 Å². The highest BCUT2D eigenvalue weighted by molar-refractivity contribution is 7.98. The summed E-state index contributed by atoms with van der Waals surface area (Å²) in [6.07, 6.45) is 0. The van der Waals surface area contributed by atoms with Crippen LogP contribution in [0.15, 0.2) is 52.4 Å². The Bertz CT molecular complexity index is 1250. The molecule has 4 aromatic rings. The van der Waals surface area contributed by atoms with E-state index in [2.05, 4.69) is 15.0 Å². The first kappa shape index (κ1) is 20.1. The van der Waals surface area contributed by atoms with Crippen LogP contribution in [0.25, 0.3) is 21.9 Å². The van der Waals surface area contributed by atoms with Gasteiger partial charge in [0.1, 0.15) is 5.82 Å². The molecule has 0 aliphatic rings. The fourth-order valence-electron chi connectivity index (χ4n) is 3.14. The van der Waals surface area contributed by atoms with Gasteiger partial charge in [-0.3, -0.25) is 9.36 Å². The van der Waals surface area contributed by atoms with Crippen LogP contribution in [0.2, 0.25) is 0 Å². The number of aromatic amines is 1. The molecule has 154 valence electrons. The highest BCUT2D eigenvalue weighted by Gasteiger charge is 2.15. The topological polar surface area (TPSA) is 99.1 Å². The number of ether oxygens (including phenoxy) is 2. The Morgan fingerprint density at radius 3 is 2.73 bits per heavy atom. The van der Waals surface area contributed by atoms with E-state index in [-0.39, 0.29) is 5.56 Å². The average molecular weight is 424 g/mol. The SMILES string of the molecule is COCCn1c(SCc2nc3ccccc3[nH]2)nc2cc(C(=O)OC)ccc2c1=O. The normalized spacial score (nSPS) is 11.3. The quantitative estimate of drug-likeness (QED) is 0.277. The summed E-state index contributed by atoms with van der Waals surface area (Å²) in [6, 6.07) is 12.5. The smallest absolute Gasteiger partial charge is 0.337 e. The third-order valence-electron chi connectivity index (χ3n) is 4.64. The number of aromatic nitrogens is 4. The van der Waals surface area contributed by atoms with Crippen molar-refractivity contribution in [1.29, 1.82) is 0 Å². The fourth-order valence-corrected chi connectivity index (χ4v) is 4.04. The van der Waals surface area contributed by atoms with Gasteiger partial charge in [0.25, 0.3) is 5.56 Å². The standard InChI is InChI=1S/C21H20N4O4S/c1-28-10-9-25-19(26)14-8-7-13(20(27)29-2)11-17(14)24-21(25)30-12-18-22-15-5-3-4-6-16(15)23-18/h3-8,11H,9-10,12H2,1-2H3,(H,22,23). The summed E-state index contributed by atoms with van der Waals surface area (Å²) in [5.74, 6) is 0.826. The van der Waals surface area contributed by atoms with Crippen molar-refractivity contribution < 1.29 is 14.3 Å². The van der Waals surface area contributed by atoms with E-state index in [1.54, 1.807) is 29.9 Å². The lowest BCUT2D eigenvalue weighted by Gasteiger charge is -2.12. The van der Waals surface area contributed by atoms with Crippen LogP contribution in [0, 0.1) is 0 Å². The van der Waals surface area contributed by atoms with Gasteiger partial charge in [-0.1, -0.05) is 23.9 Å². The van der Waals surface area contributed by atoms with Crippen molar-refractivity contribution in [3.8, 4) is 0 Å². The molecule has 9 heteroatoms. The van der Waals surface area contributed by atoms with Crippen LogP contribution >= 0.6 is 11.8 Å². The Morgan fingerprint density at radius 1 is 1.13 bits per heavy atom. The van der Waals surface area contributed by atoms with E-state index >= 15 is 0 Å². The van der Waals surface area contributed by atoms with Crippen LogP contribution in [-0.4, -0.2) is 46.3 Å². The van der Waals surface area contributed by atoms with Gasteiger partial charge >= 0.3 is 5.97 Å². The first-order valence-corrected chi connectivity index (χ1v) is 10.3. The summed E-state index contributed by atoms with van der Waals surface area (Å²) in [5, 5.41) is 0.971. The number of H-pyrrole nitrogens is 1. The molecule has 0 spiro atoms. The number of carbonyl (C=O) groups is 1. The molecule has 0 amide bonds. The molecule has 0 bridgehead atoms. The number of hydrogen-bond donors (Lipinski definition) is 1. The van der Waals surface area contributed by atoms with Crippen LogP contribution in [0.1, 0.15) is 16.2 Å². The van der Waals surface area contributed by atoms with Crippen LogP contribution in [0.4, 0.5) is 0 Å². The molecule has 0 saturated carbocycles. The monoisotopic (exact) mass is 424 g/mol. The van der Waals surface area contributed by atoms with Gasteiger partial charge in [-0.25, -0.2) is 14.8 Å². The van der Waals surface area contributed by atoms with Gasteiger partial charge in [0.15, 0.2) is 5.16 Å². The van der Waals surface area contributed by atoms with E-state index in [0.717, 1.165) is 16.9 Å². The van der Waals surface area contributed by atoms with E-state index in [0.29, 0.717) is 40.5 Å². The number of nitrogens with zero attached hydrogens (tertiary/aromatic N) is 3. The molecule has 2 aromatic heterocycles. The van der Waals surface area contributed by atoms with Gasteiger partial charge < -0.3 is 14.5 Å². The summed E-state index contributed by atoms with van der Waals surface area (Å²) in [5.41, 5.74) is 2.46. The molecule has 0 radical (unpaired) electrons. The van der Waals surface area contributed by atoms with Crippen LogP contribution in [-0.2, 0) is 21.8 Å². The average Bonchev–Trinajstić information content (AvgIpc) is 3.19. The number of fused-ring (bicyclic) bond motifs is 2. The number of imidazole rings is 1. The summed E-state index contributed by atoms with van der Waals surface area (Å²) in [6.45, 7) is 0.755. The van der Waals surface area contributed by atoms with Crippen molar-refractivity contribution in [3.05, 3.63) is 64.2 Å². The maximum Gasteiger partial charge on any atom is 0.337 e. The van der Waals surface area contributed by atoms with Crippen molar-refractivity contribution in [1.82, 2.24) is 19.5 Å². The number of methoxy groups -OCH3 is 2. The summed E-state index contributed by atoms with van der Waals surface area (Å²) >= 11 is 1.40. The van der Waals surface area contributed by atoms with Crippen molar-refractivity contribution >= 4 is 39.7 Å². The fraction of sp³-hybridized carbons (Fsp3) is 0.238. The van der Waals surface area contributed by atoms with Crippen molar-refractivity contribution in [2.24, 2.45) is 0 Å². The summed E-state index contributed by atoms with van der Waals surface area (Å²) < 4.78 is 11.5. The van der Waals surface area contributed by atoms with Gasteiger partial charge in [0.2, 0.25) is 0 Å². The number of rotatable bonds is 7. The second-order valence-electron chi connectivity index (χ2n) is 6.56. The molecule has 1 N–H and O–H groups in total. The Balaban J connectivity index is 1.72. The molecule has 0 aliphatic heterocycles. The van der Waals surface area contributed by atoms with Gasteiger partial charge in [-0.2, -0.15) is 0 Å². The second-order valence-corrected chi connectivity index (χ2v) is 7.50. The maximum atomic E-state index is 13.1. The predicted octanol–water partition coefficient (Wildman–Crippen LogP) is 3.00. The number of carbonyl (C=O) groups excluding carboxylic acids is 1. The molecule has 8 nitrogen and oxygen atoms in total. The molecular weight excluding hydrogens is 404 g/mol. The van der Waals surface area contributed by atoms with Gasteiger partial charge in [0.05, 0.1) is 53.5 Å². The highest BCUT2D eigenvalue weighted by atomic mass is 32.2. The third-order valence-corrected chi connectivity index (χ3v) is 5.62. The molecule has 30 heavy (non-hydrogen) atoms. The van der Waals surface area contributed by atoms with E-state index in [1.165, 1.54) is 18.9 Å². The molecule has 0 unspecified atom stereocenters. The number of benzene rings is 2. The predicted molar refractivity (Wildman–Crippen MR) is 115 cm³/mol. The minimum absolute atomic E-state index is 0.180.